The molecule has 0 saturated carbocycles. The number of nitrogens with zero attached hydrogens (tertiary/aromatic N) is 2. The lowest BCUT2D eigenvalue weighted by molar-refractivity contribution is -0.169. The SMILES string of the molecule is O[C@H]1[C@H](NC2Cc3ccccc3C2)[C@H]2CO[C@H](O2)[C@@H]1n1cc(-c2ccccc2)cn1. The van der Waals surface area contributed by atoms with Crippen LogP contribution in [0.3, 0.4) is 0 Å². The van der Waals surface area contributed by atoms with E-state index in [0.29, 0.717) is 12.6 Å². The number of aliphatic hydroxyl groups is 1. The maximum atomic E-state index is 11.3. The second kappa shape index (κ2) is 7.32. The Kier molecular flexibility index (Phi) is 4.46. The van der Waals surface area contributed by atoms with Crippen molar-refractivity contribution in [1.82, 2.24) is 15.1 Å². The van der Waals surface area contributed by atoms with Crippen molar-refractivity contribution >= 4 is 0 Å². The minimum Gasteiger partial charge on any atom is -0.389 e. The average Bonchev–Trinajstić information content (AvgIpc) is 3.51. The van der Waals surface area contributed by atoms with Crippen LogP contribution >= 0.6 is 0 Å². The van der Waals surface area contributed by atoms with E-state index in [1.165, 1.54) is 11.1 Å². The summed E-state index contributed by atoms with van der Waals surface area (Å²) >= 11 is 0. The average molecular weight is 403 g/mol. The molecule has 2 aromatic carbocycles. The predicted molar refractivity (Wildman–Crippen MR) is 112 cm³/mol. The normalized spacial score (nSPS) is 30.5. The van der Waals surface area contributed by atoms with Gasteiger partial charge in [0.2, 0.25) is 0 Å². The van der Waals surface area contributed by atoms with E-state index in [2.05, 4.69) is 46.8 Å². The Bertz CT molecular complexity index is 1010. The van der Waals surface area contributed by atoms with Crippen LogP contribution in [0.5, 0.6) is 0 Å². The van der Waals surface area contributed by atoms with Gasteiger partial charge in [-0.15, -0.1) is 0 Å². The Morgan fingerprint density at radius 2 is 1.70 bits per heavy atom. The van der Waals surface area contributed by atoms with Crippen LogP contribution in [-0.2, 0) is 22.3 Å². The molecule has 3 aromatic rings. The van der Waals surface area contributed by atoms with Gasteiger partial charge in [0, 0.05) is 17.8 Å². The van der Waals surface area contributed by atoms with Crippen molar-refractivity contribution < 1.29 is 14.6 Å². The van der Waals surface area contributed by atoms with Crippen LogP contribution in [0.2, 0.25) is 0 Å². The van der Waals surface area contributed by atoms with E-state index in [1.54, 1.807) is 4.68 Å². The second-order valence-electron chi connectivity index (χ2n) is 8.50. The quantitative estimate of drug-likeness (QED) is 0.700. The van der Waals surface area contributed by atoms with E-state index >= 15 is 0 Å². The van der Waals surface area contributed by atoms with Gasteiger partial charge in [-0.25, -0.2) is 0 Å². The summed E-state index contributed by atoms with van der Waals surface area (Å²) in [6.45, 7) is 0.488. The summed E-state index contributed by atoms with van der Waals surface area (Å²) in [7, 11) is 0. The number of hydrogen-bond acceptors (Lipinski definition) is 5. The Morgan fingerprint density at radius 1 is 0.967 bits per heavy atom. The van der Waals surface area contributed by atoms with Gasteiger partial charge < -0.3 is 19.9 Å². The molecule has 6 heteroatoms. The fourth-order valence-corrected chi connectivity index (χ4v) is 5.12. The highest BCUT2D eigenvalue weighted by Gasteiger charge is 2.51. The fraction of sp³-hybridized carbons (Fsp3) is 0.375. The van der Waals surface area contributed by atoms with Crippen LogP contribution in [0.15, 0.2) is 67.0 Å². The van der Waals surface area contributed by atoms with Crippen LogP contribution in [0, 0.1) is 0 Å². The van der Waals surface area contributed by atoms with E-state index in [9.17, 15) is 5.11 Å². The molecule has 1 aromatic heterocycles. The van der Waals surface area contributed by atoms with Crippen molar-refractivity contribution in [3.05, 3.63) is 78.1 Å². The van der Waals surface area contributed by atoms with E-state index in [4.69, 9.17) is 9.47 Å². The Balaban J connectivity index is 1.23. The number of ether oxygens (including phenoxy) is 2. The summed E-state index contributed by atoms with van der Waals surface area (Å²) in [5.41, 5.74) is 4.88. The third-order valence-electron chi connectivity index (χ3n) is 6.62. The molecule has 2 aliphatic heterocycles. The topological polar surface area (TPSA) is 68.5 Å². The molecule has 3 heterocycles. The van der Waals surface area contributed by atoms with Crippen molar-refractivity contribution in [2.75, 3.05) is 6.61 Å². The molecule has 0 radical (unpaired) electrons. The number of nitrogens with one attached hydrogen (secondary N) is 1. The van der Waals surface area contributed by atoms with Gasteiger partial charge in [0.25, 0.3) is 0 Å². The number of aromatic nitrogens is 2. The molecule has 2 N–H and O–H groups in total. The number of fused-ring (bicyclic) bond motifs is 3. The fourth-order valence-electron chi connectivity index (χ4n) is 5.12. The van der Waals surface area contributed by atoms with E-state index in [0.717, 1.165) is 24.0 Å². The summed E-state index contributed by atoms with van der Waals surface area (Å²) in [6.07, 6.45) is 4.48. The van der Waals surface area contributed by atoms with Gasteiger partial charge in [-0.1, -0.05) is 54.6 Å². The van der Waals surface area contributed by atoms with Crippen molar-refractivity contribution in [2.45, 2.75) is 49.5 Å². The molecule has 30 heavy (non-hydrogen) atoms. The van der Waals surface area contributed by atoms with Crippen LogP contribution in [0.25, 0.3) is 11.1 Å². The van der Waals surface area contributed by atoms with Gasteiger partial charge in [0.05, 0.1) is 24.9 Å². The molecule has 6 nitrogen and oxygen atoms in total. The zero-order valence-electron chi connectivity index (χ0n) is 16.6. The van der Waals surface area contributed by atoms with Crippen molar-refractivity contribution in [3.8, 4) is 11.1 Å². The first kappa shape index (κ1) is 18.3. The number of aliphatic hydroxyl groups excluding tert-OH is 1. The molecule has 1 aliphatic carbocycles. The Labute approximate surface area is 175 Å². The lowest BCUT2D eigenvalue weighted by Crippen LogP contribution is -2.59. The first-order chi connectivity index (χ1) is 14.8. The summed E-state index contributed by atoms with van der Waals surface area (Å²) < 4.78 is 13.8. The molecule has 2 bridgehead atoms. The van der Waals surface area contributed by atoms with Gasteiger partial charge in [-0.05, 0) is 29.5 Å². The summed E-state index contributed by atoms with van der Waals surface area (Å²) in [6, 6.07) is 18.4. The summed E-state index contributed by atoms with van der Waals surface area (Å²) in [5.74, 6) is 0. The van der Waals surface area contributed by atoms with Gasteiger partial charge in [-0.3, -0.25) is 4.68 Å². The van der Waals surface area contributed by atoms with E-state index in [-0.39, 0.29) is 18.2 Å². The molecule has 154 valence electrons. The van der Waals surface area contributed by atoms with Crippen molar-refractivity contribution in [1.29, 1.82) is 0 Å². The first-order valence-electron chi connectivity index (χ1n) is 10.6. The Morgan fingerprint density at radius 3 is 2.47 bits per heavy atom. The molecule has 2 saturated heterocycles. The number of benzene rings is 2. The molecule has 0 amide bonds. The number of rotatable bonds is 4. The largest absolute Gasteiger partial charge is 0.389 e. The summed E-state index contributed by atoms with van der Waals surface area (Å²) in [5, 5.41) is 19.6. The molecule has 0 unspecified atom stereocenters. The third-order valence-corrected chi connectivity index (χ3v) is 6.62. The maximum Gasteiger partial charge on any atom is 0.183 e. The van der Waals surface area contributed by atoms with Crippen LogP contribution < -0.4 is 5.32 Å². The highest BCUT2D eigenvalue weighted by Crippen LogP contribution is 2.37. The smallest absolute Gasteiger partial charge is 0.183 e. The zero-order chi connectivity index (χ0) is 20.1. The lowest BCUT2D eigenvalue weighted by Gasteiger charge is -2.40. The predicted octanol–water partition coefficient (Wildman–Crippen LogP) is 2.33. The minimum atomic E-state index is -0.650. The third kappa shape index (κ3) is 3.08. The second-order valence-corrected chi connectivity index (χ2v) is 8.50. The minimum absolute atomic E-state index is 0.144. The van der Waals surface area contributed by atoms with Crippen LogP contribution in [0.4, 0.5) is 0 Å². The molecule has 2 fully saturated rings. The van der Waals surface area contributed by atoms with Crippen LogP contribution in [0.1, 0.15) is 17.2 Å². The standard InChI is InChI=1S/C24H25N3O3/c28-23-21(26-19-10-16-8-4-5-9-17(16)11-19)20-14-29-24(30-20)22(23)27-13-18(12-25-27)15-6-2-1-3-7-15/h1-9,12-13,19-24,26,28H,10-11,14H2/t20-,21-,22-,23+,24-/m1/s1. The van der Waals surface area contributed by atoms with Gasteiger partial charge in [0.15, 0.2) is 6.29 Å². The van der Waals surface area contributed by atoms with Crippen LogP contribution in [-0.4, -0.2) is 52.1 Å². The monoisotopic (exact) mass is 403 g/mol. The zero-order valence-corrected chi connectivity index (χ0v) is 16.6. The molecule has 6 rings (SSSR count). The van der Waals surface area contributed by atoms with Gasteiger partial charge in [0.1, 0.15) is 12.1 Å². The van der Waals surface area contributed by atoms with Gasteiger partial charge in [-0.2, -0.15) is 5.10 Å². The van der Waals surface area contributed by atoms with E-state index < -0.39 is 12.4 Å². The molecule has 0 spiro atoms. The Hall–Kier alpha value is -2.51. The molecular formula is C24H25N3O3. The van der Waals surface area contributed by atoms with Crippen molar-refractivity contribution in [3.63, 3.8) is 0 Å². The van der Waals surface area contributed by atoms with Gasteiger partial charge >= 0.3 is 0 Å². The molecule has 3 aliphatic rings. The highest BCUT2D eigenvalue weighted by molar-refractivity contribution is 5.61. The first-order valence-corrected chi connectivity index (χ1v) is 10.6. The summed E-state index contributed by atoms with van der Waals surface area (Å²) in [4.78, 5) is 0. The highest BCUT2D eigenvalue weighted by atomic mass is 16.7. The molecule has 5 atom stereocenters. The maximum absolute atomic E-state index is 11.3. The number of hydrogen-bond donors (Lipinski definition) is 2. The lowest BCUT2D eigenvalue weighted by atomic mass is 9.95. The molecular weight excluding hydrogens is 378 g/mol. The van der Waals surface area contributed by atoms with Crippen molar-refractivity contribution in [2.24, 2.45) is 0 Å². The van der Waals surface area contributed by atoms with E-state index in [1.807, 2.05) is 30.6 Å².